The maximum Gasteiger partial charge on any atom is 0.260 e. The lowest BCUT2D eigenvalue weighted by atomic mass is 10.1. The molecule has 2 aromatic heterocycles. The van der Waals surface area contributed by atoms with Crippen molar-refractivity contribution in [2.24, 2.45) is 0 Å². The first kappa shape index (κ1) is 11.2. The summed E-state index contributed by atoms with van der Waals surface area (Å²) in [5.41, 5.74) is 6.79. The van der Waals surface area contributed by atoms with Crippen molar-refractivity contribution >= 4 is 27.8 Å². The van der Waals surface area contributed by atoms with Crippen molar-refractivity contribution in [2.75, 3.05) is 5.73 Å². The van der Waals surface area contributed by atoms with Gasteiger partial charge >= 0.3 is 0 Å². The van der Waals surface area contributed by atoms with Crippen LogP contribution in [0.4, 0.5) is 5.95 Å². The fraction of sp³-hybridized carbons (Fsp3) is 0.167. The van der Waals surface area contributed by atoms with Gasteiger partial charge < -0.3 is 10.7 Å². The van der Waals surface area contributed by atoms with E-state index in [-0.39, 0.29) is 11.5 Å². The van der Waals surface area contributed by atoms with Crippen molar-refractivity contribution in [3.8, 4) is 0 Å². The summed E-state index contributed by atoms with van der Waals surface area (Å²) in [6.07, 6.45) is 1.79. The molecule has 5 heteroatoms. The van der Waals surface area contributed by atoms with Crippen molar-refractivity contribution in [3.63, 3.8) is 0 Å². The Morgan fingerprint density at radius 2 is 2.00 bits per heavy atom. The lowest BCUT2D eigenvalue weighted by Crippen LogP contribution is -2.11. The molecule has 3 rings (SSSR count). The van der Waals surface area contributed by atoms with E-state index in [1.54, 1.807) is 12.3 Å². The molecule has 5 nitrogen and oxygen atoms in total. The third-order valence-electron chi connectivity index (χ3n) is 2.42. The monoisotopic (exact) mass is 230 g/mol. The first-order valence-corrected chi connectivity index (χ1v) is 5.51. The number of nitrogens with two attached hydrogens (primary N) is 1. The minimum atomic E-state index is -0.206. The molecule has 0 radical (unpaired) electrons. The molecule has 0 unspecified atom stereocenters. The largest absolute Gasteiger partial charge is 0.369 e. The Labute approximate surface area is 97.7 Å². The molecule has 0 fully saturated rings. The van der Waals surface area contributed by atoms with Gasteiger partial charge in [0, 0.05) is 17.1 Å². The predicted octanol–water partition coefficient (Wildman–Crippen LogP) is 2.01. The lowest BCUT2D eigenvalue weighted by Gasteiger charge is -1.99. The maximum atomic E-state index is 11.7. The summed E-state index contributed by atoms with van der Waals surface area (Å²) in [7, 11) is 0. The number of fused-ring (bicyclic) bond motifs is 3. The summed E-state index contributed by atoms with van der Waals surface area (Å²) in [6.45, 7) is 4.00. The molecule has 88 valence electrons. The molecule has 0 aliphatic rings. The fourth-order valence-corrected chi connectivity index (χ4v) is 1.79. The number of hydrogen-bond donors (Lipinski definition) is 3. The van der Waals surface area contributed by atoms with E-state index in [0.717, 1.165) is 10.9 Å². The van der Waals surface area contributed by atoms with Crippen LogP contribution in [0.1, 0.15) is 13.8 Å². The van der Waals surface area contributed by atoms with Crippen LogP contribution in [0.5, 0.6) is 0 Å². The van der Waals surface area contributed by atoms with Crippen LogP contribution in [-0.2, 0) is 0 Å². The van der Waals surface area contributed by atoms with Gasteiger partial charge in [-0.3, -0.25) is 9.78 Å². The zero-order valence-corrected chi connectivity index (χ0v) is 9.74. The normalized spacial score (nSPS) is 10.2. The van der Waals surface area contributed by atoms with Crippen LogP contribution in [0.25, 0.3) is 21.8 Å². The minimum absolute atomic E-state index is 0.141. The van der Waals surface area contributed by atoms with Gasteiger partial charge in [-0.15, -0.1) is 0 Å². The van der Waals surface area contributed by atoms with Gasteiger partial charge in [-0.25, -0.2) is 4.98 Å². The molecule has 1 aromatic carbocycles. The minimum Gasteiger partial charge on any atom is -0.369 e. The smallest absolute Gasteiger partial charge is 0.260 e. The van der Waals surface area contributed by atoms with Crippen molar-refractivity contribution in [1.82, 2.24) is 15.0 Å². The SMILES string of the molecule is CC.Nc1nc2ccc3[nH]ccc3c2c(=O)[nH]1. The number of nitrogens with zero attached hydrogens (tertiary/aromatic N) is 1. The molecule has 2 heterocycles. The number of rotatable bonds is 0. The zero-order chi connectivity index (χ0) is 12.4. The number of H-pyrrole nitrogens is 2. The Kier molecular flexibility index (Phi) is 2.82. The average Bonchev–Trinajstić information content (AvgIpc) is 2.78. The van der Waals surface area contributed by atoms with Crippen molar-refractivity contribution in [3.05, 3.63) is 34.7 Å². The molecule has 17 heavy (non-hydrogen) atoms. The van der Waals surface area contributed by atoms with Crippen LogP contribution >= 0.6 is 0 Å². The molecule has 4 N–H and O–H groups in total. The summed E-state index contributed by atoms with van der Waals surface area (Å²) < 4.78 is 0. The van der Waals surface area contributed by atoms with E-state index < -0.39 is 0 Å². The number of nitrogens with one attached hydrogen (secondary N) is 2. The van der Waals surface area contributed by atoms with Crippen LogP contribution in [0.2, 0.25) is 0 Å². The van der Waals surface area contributed by atoms with Crippen molar-refractivity contribution in [2.45, 2.75) is 13.8 Å². The third kappa shape index (κ3) is 1.75. The molecule has 0 aliphatic carbocycles. The van der Waals surface area contributed by atoms with E-state index in [9.17, 15) is 4.79 Å². The van der Waals surface area contributed by atoms with Crippen LogP contribution in [0.15, 0.2) is 29.2 Å². The Hall–Kier alpha value is -2.30. The maximum absolute atomic E-state index is 11.7. The topological polar surface area (TPSA) is 87.6 Å². The first-order chi connectivity index (χ1) is 8.25. The van der Waals surface area contributed by atoms with Crippen molar-refractivity contribution < 1.29 is 0 Å². The Morgan fingerprint density at radius 3 is 2.76 bits per heavy atom. The quantitative estimate of drug-likeness (QED) is 0.552. The first-order valence-electron chi connectivity index (χ1n) is 5.51. The summed E-state index contributed by atoms with van der Waals surface area (Å²) in [5, 5.41) is 1.43. The second-order valence-corrected chi connectivity index (χ2v) is 3.35. The van der Waals surface area contributed by atoms with Gasteiger partial charge in [0.25, 0.3) is 5.56 Å². The Balaban J connectivity index is 0.000000514. The summed E-state index contributed by atoms with van der Waals surface area (Å²) in [5.74, 6) is 0.141. The molecule has 3 aromatic rings. The summed E-state index contributed by atoms with van der Waals surface area (Å²) in [6, 6.07) is 5.51. The highest BCUT2D eigenvalue weighted by atomic mass is 16.1. The fourth-order valence-electron chi connectivity index (χ4n) is 1.79. The molecule has 0 spiro atoms. The molecule has 0 saturated heterocycles. The second kappa shape index (κ2) is 4.29. The molecule has 0 atom stereocenters. The van der Waals surface area contributed by atoms with E-state index in [0.29, 0.717) is 10.9 Å². The highest BCUT2D eigenvalue weighted by Crippen LogP contribution is 2.20. The third-order valence-corrected chi connectivity index (χ3v) is 2.42. The molecule has 0 amide bonds. The molecular formula is C12H14N4O. The highest BCUT2D eigenvalue weighted by molar-refractivity contribution is 6.04. The van der Waals surface area contributed by atoms with Crippen LogP contribution in [-0.4, -0.2) is 15.0 Å². The summed E-state index contributed by atoms with van der Waals surface area (Å²) >= 11 is 0. The summed E-state index contributed by atoms with van der Waals surface area (Å²) in [4.78, 5) is 21.3. The number of benzene rings is 1. The zero-order valence-electron chi connectivity index (χ0n) is 9.74. The Morgan fingerprint density at radius 1 is 1.24 bits per heavy atom. The number of anilines is 1. The van der Waals surface area contributed by atoms with Gasteiger partial charge in [0.15, 0.2) is 0 Å². The van der Waals surface area contributed by atoms with Crippen molar-refractivity contribution in [1.29, 1.82) is 0 Å². The van der Waals surface area contributed by atoms with Gasteiger partial charge in [-0.2, -0.15) is 0 Å². The molecule has 0 aliphatic heterocycles. The number of aromatic amines is 2. The van der Waals surface area contributed by atoms with E-state index in [1.165, 1.54) is 0 Å². The highest BCUT2D eigenvalue weighted by Gasteiger charge is 2.06. The van der Waals surface area contributed by atoms with Gasteiger partial charge in [-0.1, -0.05) is 13.8 Å². The predicted molar refractivity (Wildman–Crippen MR) is 70.0 cm³/mol. The van der Waals surface area contributed by atoms with E-state index in [1.807, 2.05) is 26.0 Å². The van der Waals surface area contributed by atoms with Gasteiger partial charge in [0.05, 0.1) is 10.9 Å². The number of nitrogen functional groups attached to an aromatic ring is 1. The van der Waals surface area contributed by atoms with Crippen LogP contribution in [0, 0.1) is 0 Å². The van der Waals surface area contributed by atoms with E-state index in [4.69, 9.17) is 5.73 Å². The Bertz CT molecular complexity index is 711. The van der Waals surface area contributed by atoms with E-state index in [2.05, 4.69) is 15.0 Å². The average molecular weight is 230 g/mol. The van der Waals surface area contributed by atoms with Crippen LogP contribution < -0.4 is 11.3 Å². The van der Waals surface area contributed by atoms with Gasteiger partial charge in [-0.05, 0) is 18.2 Å². The number of hydrogen-bond acceptors (Lipinski definition) is 3. The molecule has 0 bridgehead atoms. The van der Waals surface area contributed by atoms with Gasteiger partial charge in [0.1, 0.15) is 0 Å². The lowest BCUT2D eigenvalue weighted by molar-refractivity contribution is 1.19. The standard InChI is InChI=1S/C10H8N4O.C2H6/c11-10-13-7-2-1-6-5(3-4-12-6)8(7)9(15)14-10;1-2/h1-4,12H,(H3,11,13,14,15);1-2H3. The second-order valence-electron chi connectivity index (χ2n) is 3.35. The van der Waals surface area contributed by atoms with Gasteiger partial charge in [0.2, 0.25) is 5.95 Å². The number of aromatic nitrogens is 3. The van der Waals surface area contributed by atoms with E-state index >= 15 is 0 Å². The molecular weight excluding hydrogens is 216 g/mol. The molecule has 0 saturated carbocycles. The van der Waals surface area contributed by atoms with Crippen LogP contribution in [0.3, 0.4) is 0 Å².